The minimum Gasteiger partial charge on any atom is -0.477 e. The molecule has 6 heteroatoms. The van der Waals surface area contributed by atoms with Gasteiger partial charge in [-0.3, -0.25) is 0 Å². The lowest BCUT2D eigenvalue weighted by molar-refractivity contribution is 0.216. The zero-order chi connectivity index (χ0) is 16.9. The Hall–Kier alpha value is -2.68. The van der Waals surface area contributed by atoms with Gasteiger partial charge in [0.2, 0.25) is 5.88 Å². The molecule has 124 valence electrons. The topological polar surface area (TPSA) is 74.9 Å². The first kappa shape index (κ1) is 16.2. The van der Waals surface area contributed by atoms with Gasteiger partial charge in [-0.2, -0.15) is 10.4 Å². The highest BCUT2D eigenvalue weighted by Gasteiger charge is 2.24. The van der Waals surface area contributed by atoms with Crippen LogP contribution in [0.4, 0.5) is 5.82 Å². The lowest BCUT2D eigenvalue weighted by Crippen LogP contribution is -2.36. The molecule has 24 heavy (non-hydrogen) atoms. The summed E-state index contributed by atoms with van der Waals surface area (Å²) in [5.41, 5.74) is 2.38. The molecule has 0 radical (unpaired) electrons. The molecule has 3 heterocycles. The Bertz CT molecular complexity index is 733. The van der Waals surface area contributed by atoms with Gasteiger partial charge in [-0.25, -0.2) is 4.98 Å². The molecule has 0 unspecified atom stereocenters. The van der Waals surface area contributed by atoms with Crippen molar-refractivity contribution in [3.63, 3.8) is 0 Å². The van der Waals surface area contributed by atoms with E-state index in [1.807, 2.05) is 32.0 Å². The number of aromatic nitrogens is 3. The summed E-state index contributed by atoms with van der Waals surface area (Å²) in [5.74, 6) is 1.88. The first-order chi connectivity index (χ1) is 11.7. The molecule has 6 nitrogen and oxygen atoms in total. The predicted octanol–water partition coefficient (Wildman–Crippen LogP) is 2.66. The second kappa shape index (κ2) is 7.26. The van der Waals surface area contributed by atoms with Crippen LogP contribution in [0.5, 0.6) is 5.88 Å². The lowest BCUT2D eigenvalue weighted by Gasteiger charge is -2.33. The third kappa shape index (κ3) is 3.46. The van der Waals surface area contributed by atoms with Gasteiger partial charge in [0.05, 0.1) is 12.3 Å². The maximum Gasteiger partial charge on any atom is 0.213 e. The Kier molecular flexibility index (Phi) is 4.90. The minimum absolute atomic E-state index is 0.494. The number of nitrogens with zero attached hydrogens (tertiary/aromatic N) is 5. The van der Waals surface area contributed by atoms with Crippen LogP contribution in [0.15, 0.2) is 24.4 Å². The molecule has 0 aromatic carbocycles. The highest BCUT2D eigenvalue weighted by atomic mass is 16.5. The van der Waals surface area contributed by atoms with E-state index in [0.29, 0.717) is 29.8 Å². The lowest BCUT2D eigenvalue weighted by atomic mass is 9.97. The molecule has 0 aliphatic carbocycles. The molecule has 1 aliphatic rings. The average Bonchev–Trinajstić information content (AvgIpc) is 2.63. The summed E-state index contributed by atoms with van der Waals surface area (Å²) in [6.45, 7) is 6.21. The van der Waals surface area contributed by atoms with Crippen LogP contribution in [-0.4, -0.2) is 34.9 Å². The number of pyridine rings is 1. The summed E-state index contributed by atoms with van der Waals surface area (Å²) in [4.78, 5) is 6.34. The Morgan fingerprint density at radius 2 is 2.04 bits per heavy atom. The van der Waals surface area contributed by atoms with Gasteiger partial charge >= 0.3 is 0 Å². The van der Waals surface area contributed by atoms with Crippen molar-refractivity contribution in [3.8, 4) is 11.9 Å². The predicted molar refractivity (Wildman–Crippen MR) is 90.9 cm³/mol. The fourth-order valence-corrected chi connectivity index (χ4v) is 2.90. The van der Waals surface area contributed by atoms with Crippen LogP contribution in [0.3, 0.4) is 0 Å². The molecular weight excluding hydrogens is 302 g/mol. The van der Waals surface area contributed by atoms with Crippen molar-refractivity contribution in [3.05, 3.63) is 41.2 Å². The van der Waals surface area contributed by atoms with Gasteiger partial charge < -0.3 is 9.64 Å². The highest BCUT2D eigenvalue weighted by molar-refractivity contribution is 5.57. The molecule has 2 aromatic rings. The molecular formula is C18H21N5O. The Morgan fingerprint density at radius 1 is 1.25 bits per heavy atom. The Morgan fingerprint density at radius 3 is 2.71 bits per heavy atom. The first-order valence-electron chi connectivity index (χ1n) is 8.21. The number of rotatable bonds is 4. The first-order valence-corrected chi connectivity index (χ1v) is 8.21. The molecule has 2 aromatic heterocycles. The highest BCUT2D eigenvalue weighted by Crippen LogP contribution is 2.26. The summed E-state index contributed by atoms with van der Waals surface area (Å²) >= 11 is 0. The third-order valence-corrected chi connectivity index (χ3v) is 4.57. The van der Waals surface area contributed by atoms with Crippen molar-refractivity contribution >= 4 is 5.82 Å². The van der Waals surface area contributed by atoms with Crippen molar-refractivity contribution in [1.82, 2.24) is 15.2 Å². The van der Waals surface area contributed by atoms with E-state index in [-0.39, 0.29) is 0 Å². The van der Waals surface area contributed by atoms with Crippen molar-refractivity contribution < 1.29 is 4.74 Å². The van der Waals surface area contributed by atoms with Crippen LogP contribution in [0, 0.1) is 31.1 Å². The van der Waals surface area contributed by atoms with Crippen LogP contribution < -0.4 is 9.64 Å². The van der Waals surface area contributed by atoms with Gasteiger partial charge in [-0.05, 0) is 44.2 Å². The molecule has 1 fully saturated rings. The molecule has 0 spiro atoms. The molecule has 1 aliphatic heterocycles. The molecule has 0 bridgehead atoms. The fraction of sp³-hybridized carbons (Fsp3) is 0.444. The Labute approximate surface area is 142 Å². The van der Waals surface area contributed by atoms with Gasteiger partial charge in [0, 0.05) is 25.4 Å². The van der Waals surface area contributed by atoms with E-state index >= 15 is 0 Å². The van der Waals surface area contributed by atoms with E-state index in [2.05, 4.69) is 26.2 Å². The summed E-state index contributed by atoms with van der Waals surface area (Å²) in [6, 6.07) is 7.96. The van der Waals surface area contributed by atoms with Gasteiger partial charge in [0.1, 0.15) is 11.6 Å². The monoisotopic (exact) mass is 323 g/mol. The molecule has 0 atom stereocenters. The number of piperidine rings is 1. The van der Waals surface area contributed by atoms with Gasteiger partial charge in [-0.15, -0.1) is 5.10 Å². The van der Waals surface area contributed by atoms with Crippen LogP contribution in [-0.2, 0) is 0 Å². The molecule has 1 saturated heterocycles. The van der Waals surface area contributed by atoms with Crippen molar-refractivity contribution in [2.45, 2.75) is 26.7 Å². The second-order valence-electron chi connectivity index (χ2n) is 6.13. The molecule has 0 amide bonds. The standard InChI is InChI=1S/C18H21N5O/c1-13-14(2)21-22-18(16(13)11-19)23-9-6-15(7-10-23)12-24-17-5-3-4-8-20-17/h3-5,8,15H,6-7,9-10,12H2,1-2H3. The van der Waals surface area contributed by atoms with Crippen molar-refractivity contribution in [2.24, 2.45) is 5.92 Å². The van der Waals surface area contributed by atoms with Crippen molar-refractivity contribution in [2.75, 3.05) is 24.6 Å². The fourth-order valence-electron chi connectivity index (χ4n) is 2.90. The van der Waals surface area contributed by atoms with Gasteiger partial charge in [-0.1, -0.05) is 6.07 Å². The quantitative estimate of drug-likeness (QED) is 0.861. The van der Waals surface area contributed by atoms with E-state index in [1.54, 1.807) is 6.20 Å². The third-order valence-electron chi connectivity index (χ3n) is 4.57. The number of aryl methyl sites for hydroxylation is 1. The number of hydrogen-bond acceptors (Lipinski definition) is 6. The second-order valence-corrected chi connectivity index (χ2v) is 6.13. The zero-order valence-corrected chi connectivity index (χ0v) is 14.1. The van der Waals surface area contributed by atoms with Crippen LogP contribution in [0.2, 0.25) is 0 Å². The summed E-state index contributed by atoms with van der Waals surface area (Å²) in [5, 5.41) is 17.9. The molecule has 3 rings (SSSR count). The van der Waals surface area contributed by atoms with E-state index in [0.717, 1.165) is 37.2 Å². The minimum atomic E-state index is 0.494. The van der Waals surface area contributed by atoms with Crippen molar-refractivity contribution in [1.29, 1.82) is 5.26 Å². The zero-order valence-electron chi connectivity index (χ0n) is 14.1. The van der Waals surface area contributed by atoms with E-state index in [9.17, 15) is 5.26 Å². The summed E-state index contributed by atoms with van der Waals surface area (Å²) in [7, 11) is 0. The van der Waals surface area contributed by atoms with Crippen LogP contribution >= 0.6 is 0 Å². The van der Waals surface area contributed by atoms with Crippen LogP contribution in [0.1, 0.15) is 29.7 Å². The largest absolute Gasteiger partial charge is 0.477 e. The van der Waals surface area contributed by atoms with E-state index in [4.69, 9.17) is 4.74 Å². The number of ether oxygens (including phenoxy) is 1. The maximum atomic E-state index is 9.45. The van der Waals surface area contributed by atoms with Crippen LogP contribution in [0.25, 0.3) is 0 Å². The summed E-state index contributed by atoms with van der Waals surface area (Å²) in [6.07, 6.45) is 3.75. The van der Waals surface area contributed by atoms with Gasteiger partial charge in [0.25, 0.3) is 0 Å². The molecule has 0 N–H and O–H groups in total. The number of hydrogen-bond donors (Lipinski definition) is 0. The number of anilines is 1. The van der Waals surface area contributed by atoms with E-state index < -0.39 is 0 Å². The molecule has 0 saturated carbocycles. The average molecular weight is 323 g/mol. The normalized spacial score (nSPS) is 15.1. The SMILES string of the molecule is Cc1nnc(N2CCC(COc3ccccn3)CC2)c(C#N)c1C. The van der Waals surface area contributed by atoms with Gasteiger partial charge in [0.15, 0.2) is 5.82 Å². The summed E-state index contributed by atoms with van der Waals surface area (Å²) < 4.78 is 5.76. The Balaban J connectivity index is 1.60. The van der Waals surface area contributed by atoms with E-state index in [1.165, 1.54) is 0 Å². The number of nitriles is 1. The maximum absolute atomic E-state index is 9.45. The smallest absolute Gasteiger partial charge is 0.213 e.